The summed E-state index contributed by atoms with van der Waals surface area (Å²) in [5, 5.41) is 3.42. The van der Waals surface area contributed by atoms with Gasteiger partial charge < -0.3 is 10.2 Å². The largest absolute Gasteiger partial charge is 0.336 e. The minimum absolute atomic E-state index is 0.202. The van der Waals surface area contributed by atoms with Crippen molar-refractivity contribution in [3.63, 3.8) is 0 Å². The molecule has 0 saturated carbocycles. The average Bonchev–Trinajstić information content (AvgIpc) is 3.23. The topological polar surface area (TPSA) is 35.6 Å². The van der Waals surface area contributed by atoms with Crippen molar-refractivity contribution in [2.75, 3.05) is 39.3 Å². The van der Waals surface area contributed by atoms with E-state index in [1.54, 1.807) is 0 Å². The van der Waals surface area contributed by atoms with Crippen molar-refractivity contribution in [2.45, 2.75) is 25.8 Å². The highest BCUT2D eigenvalue weighted by Gasteiger charge is 2.27. The fourth-order valence-electron chi connectivity index (χ4n) is 4.32. The predicted octanol–water partition coefficient (Wildman–Crippen LogP) is 3.03. The summed E-state index contributed by atoms with van der Waals surface area (Å²) < 4.78 is 0. The molecular formula is C23H29N3O. The van der Waals surface area contributed by atoms with E-state index in [1.807, 2.05) is 17.0 Å². The van der Waals surface area contributed by atoms with Crippen LogP contribution in [0.4, 0.5) is 0 Å². The normalized spacial score (nSPS) is 20.8. The van der Waals surface area contributed by atoms with Crippen molar-refractivity contribution < 1.29 is 4.79 Å². The van der Waals surface area contributed by atoms with Crippen LogP contribution < -0.4 is 5.32 Å². The fraction of sp³-hybridized carbons (Fsp3) is 0.435. The van der Waals surface area contributed by atoms with E-state index in [1.165, 1.54) is 16.7 Å². The van der Waals surface area contributed by atoms with E-state index in [-0.39, 0.29) is 5.91 Å². The van der Waals surface area contributed by atoms with Crippen LogP contribution in [0, 0.1) is 6.92 Å². The molecule has 2 saturated heterocycles. The smallest absolute Gasteiger partial charge is 0.254 e. The summed E-state index contributed by atoms with van der Waals surface area (Å²) in [6.45, 7) is 8.62. The molecule has 4 heteroatoms. The molecule has 2 aliphatic rings. The van der Waals surface area contributed by atoms with Crippen molar-refractivity contribution in [1.82, 2.24) is 15.1 Å². The van der Waals surface area contributed by atoms with Gasteiger partial charge in [-0.1, -0.05) is 48.0 Å². The number of hydrogen-bond acceptors (Lipinski definition) is 3. The first-order valence-corrected chi connectivity index (χ1v) is 10.1. The van der Waals surface area contributed by atoms with E-state index in [0.717, 1.165) is 57.8 Å². The van der Waals surface area contributed by atoms with E-state index < -0.39 is 0 Å². The molecule has 2 heterocycles. The zero-order chi connectivity index (χ0) is 18.6. The third-order valence-corrected chi connectivity index (χ3v) is 5.84. The third-order valence-electron chi connectivity index (χ3n) is 5.84. The molecule has 4 nitrogen and oxygen atoms in total. The molecule has 0 aromatic heterocycles. The molecule has 0 aliphatic carbocycles. The van der Waals surface area contributed by atoms with Crippen molar-refractivity contribution in [3.05, 3.63) is 70.8 Å². The van der Waals surface area contributed by atoms with E-state index in [2.05, 4.69) is 53.5 Å². The highest BCUT2D eigenvalue weighted by atomic mass is 16.2. The monoisotopic (exact) mass is 363 g/mol. The summed E-state index contributed by atoms with van der Waals surface area (Å²) in [6, 6.07) is 16.9. The molecule has 1 unspecified atom stereocenters. The summed E-state index contributed by atoms with van der Waals surface area (Å²) in [7, 11) is 0. The maximum Gasteiger partial charge on any atom is 0.254 e. The predicted molar refractivity (Wildman–Crippen MR) is 109 cm³/mol. The van der Waals surface area contributed by atoms with Crippen molar-refractivity contribution in [1.29, 1.82) is 0 Å². The molecule has 2 aromatic carbocycles. The number of piperazine rings is 1. The first-order chi connectivity index (χ1) is 13.2. The molecule has 0 radical (unpaired) electrons. The first kappa shape index (κ1) is 18.2. The second-order valence-electron chi connectivity index (χ2n) is 7.83. The van der Waals surface area contributed by atoms with E-state index in [9.17, 15) is 4.79 Å². The summed E-state index contributed by atoms with van der Waals surface area (Å²) >= 11 is 0. The first-order valence-electron chi connectivity index (χ1n) is 10.1. The maximum absolute atomic E-state index is 13.2. The Morgan fingerprint density at radius 2 is 1.89 bits per heavy atom. The number of benzene rings is 2. The lowest BCUT2D eigenvalue weighted by Gasteiger charge is -2.35. The van der Waals surface area contributed by atoms with Crippen LogP contribution in [0.25, 0.3) is 0 Å². The number of rotatable bonds is 4. The molecule has 0 spiro atoms. The molecule has 1 atom stereocenters. The van der Waals surface area contributed by atoms with Gasteiger partial charge in [0.2, 0.25) is 0 Å². The average molecular weight is 364 g/mol. The number of amides is 1. The van der Waals surface area contributed by atoms with Crippen LogP contribution in [0.2, 0.25) is 0 Å². The Kier molecular flexibility index (Phi) is 5.55. The van der Waals surface area contributed by atoms with Crippen molar-refractivity contribution >= 4 is 5.91 Å². The number of aryl methyl sites for hydroxylation is 1. The second-order valence-corrected chi connectivity index (χ2v) is 7.83. The van der Waals surface area contributed by atoms with E-state index in [0.29, 0.717) is 5.92 Å². The molecular weight excluding hydrogens is 334 g/mol. The number of carbonyl (C=O) groups excluding carboxylic acids is 1. The van der Waals surface area contributed by atoms with Gasteiger partial charge in [-0.05, 0) is 43.0 Å². The van der Waals surface area contributed by atoms with Crippen molar-refractivity contribution in [3.8, 4) is 0 Å². The molecule has 2 aromatic rings. The molecule has 1 N–H and O–H groups in total. The number of carbonyl (C=O) groups is 1. The van der Waals surface area contributed by atoms with E-state index in [4.69, 9.17) is 0 Å². The molecule has 4 rings (SSSR count). The van der Waals surface area contributed by atoms with Crippen molar-refractivity contribution in [2.24, 2.45) is 0 Å². The highest BCUT2D eigenvalue weighted by Crippen LogP contribution is 2.26. The summed E-state index contributed by atoms with van der Waals surface area (Å²) in [4.78, 5) is 17.7. The Bertz CT molecular complexity index is 790. The lowest BCUT2D eigenvalue weighted by Crippen LogP contribution is -2.48. The second kappa shape index (κ2) is 8.24. The Balaban J connectivity index is 1.39. The Morgan fingerprint density at radius 1 is 1.07 bits per heavy atom. The minimum atomic E-state index is 0.202. The van der Waals surface area contributed by atoms with Gasteiger partial charge in [-0.2, -0.15) is 0 Å². The molecule has 142 valence electrons. The Labute approximate surface area is 162 Å². The Morgan fingerprint density at radius 3 is 2.63 bits per heavy atom. The van der Waals surface area contributed by atoms with Crippen LogP contribution in [0.3, 0.4) is 0 Å². The van der Waals surface area contributed by atoms with Crippen LogP contribution in [0.5, 0.6) is 0 Å². The SMILES string of the molecule is Cc1cccc(CN2CCN(C(=O)c3ccccc3C3CCNC3)CC2)c1. The molecule has 27 heavy (non-hydrogen) atoms. The molecule has 2 fully saturated rings. The lowest BCUT2D eigenvalue weighted by atomic mass is 9.93. The number of hydrogen-bond donors (Lipinski definition) is 1. The fourth-order valence-corrected chi connectivity index (χ4v) is 4.32. The number of nitrogens with one attached hydrogen (secondary N) is 1. The van der Waals surface area contributed by atoms with E-state index >= 15 is 0 Å². The van der Waals surface area contributed by atoms with Crippen LogP contribution in [-0.2, 0) is 6.54 Å². The van der Waals surface area contributed by atoms with Gasteiger partial charge in [0.1, 0.15) is 0 Å². The molecule has 2 aliphatic heterocycles. The van der Waals surface area contributed by atoms with Gasteiger partial charge in [-0.25, -0.2) is 0 Å². The van der Waals surface area contributed by atoms with Gasteiger partial charge in [0.15, 0.2) is 0 Å². The standard InChI is InChI=1S/C23H29N3O/c1-18-5-4-6-19(15-18)17-25-11-13-26(14-12-25)23(27)22-8-3-2-7-21(22)20-9-10-24-16-20/h2-8,15,20,24H,9-14,16-17H2,1H3. The highest BCUT2D eigenvalue weighted by molar-refractivity contribution is 5.96. The van der Waals surface area contributed by atoms with Gasteiger partial charge in [0.25, 0.3) is 5.91 Å². The molecule has 0 bridgehead atoms. The number of nitrogens with zero attached hydrogens (tertiary/aromatic N) is 2. The zero-order valence-corrected chi connectivity index (χ0v) is 16.2. The minimum Gasteiger partial charge on any atom is -0.336 e. The van der Waals surface area contributed by atoms with Gasteiger partial charge in [-0.15, -0.1) is 0 Å². The van der Waals surface area contributed by atoms with Crippen LogP contribution in [0.15, 0.2) is 48.5 Å². The summed E-state index contributed by atoms with van der Waals surface area (Å²) in [5.41, 5.74) is 4.78. The van der Waals surface area contributed by atoms with Gasteiger partial charge in [-0.3, -0.25) is 9.69 Å². The maximum atomic E-state index is 13.2. The van der Waals surface area contributed by atoms with Gasteiger partial charge in [0.05, 0.1) is 0 Å². The summed E-state index contributed by atoms with van der Waals surface area (Å²) in [5.74, 6) is 0.667. The Hall–Kier alpha value is -2.17. The van der Waals surface area contributed by atoms with Crippen LogP contribution in [0.1, 0.15) is 39.4 Å². The van der Waals surface area contributed by atoms with Crippen LogP contribution in [-0.4, -0.2) is 55.0 Å². The summed E-state index contributed by atoms with van der Waals surface area (Å²) in [6.07, 6.45) is 1.12. The van der Waals surface area contributed by atoms with Gasteiger partial charge in [0, 0.05) is 44.8 Å². The quantitative estimate of drug-likeness (QED) is 0.907. The zero-order valence-electron chi connectivity index (χ0n) is 16.2. The van der Waals surface area contributed by atoms with Crippen LogP contribution >= 0.6 is 0 Å². The third kappa shape index (κ3) is 4.23. The lowest BCUT2D eigenvalue weighted by molar-refractivity contribution is 0.0627. The molecule has 1 amide bonds. The van der Waals surface area contributed by atoms with Gasteiger partial charge >= 0.3 is 0 Å².